The Bertz CT molecular complexity index is 1170. The average Bonchev–Trinajstić information content (AvgIpc) is 3.52. The van der Waals surface area contributed by atoms with Crippen molar-refractivity contribution in [2.24, 2.45) is 0 Å². The number of aliphatic hydroxyl groups excluding tert-OH is 1. The fourth-order valence-electron chi connectivity index (χ4n) is 3.46. The number of nitrogens with one attached hydrogen (secondary N) is 3. The van der Waals surface area contributed by atoms with E-state index in [9.17, 15) is 5.11 Å². The van der Waals surface area contributed by atoms with Crippen LogP contribution in [0.3, 0.4) is 0 Å². The van der Waals surface area contributed by atoms with Crippen LogP contribution < -0.4 is 10.6 Å². The van der Waals surface area contributed by atoms with Gasteiger partial charge < -0.3 is 15.7 Å². The average molecular weight is 421 g/mol. The lowest BCUT2D eigenvalue weighted by Crippen LogP contribution is -2.17. The molecular formula is C22H21ClN6O. The smallest absolute Gasteiger partial charge is 0.225 e. The second-order valence-electron chi connectivity index (χ2n) is 7.46. The summed E-state index contributed by atoms with van der Waals surface area (Å²) >= 11 is 6.22. The Balaban J connectivity index is 1.50. The van der Waals surface area contributed by atoms with Crippen molar-refractivity contribution in [3.63, 3.8) is 0 Å². The molecule has 2 aromatic carbocycles. The first-order valence-corrected chi connectivity index (χ1v) is 10.3. The summed E-state index contributed by atoms with van der Waals surface area (Å²) in [6.07, 6.45) is 2.40. The van der Waals surface area contributed by atoms with Crippen LogP contribution >= 0.6 is 11.6 Å². The van der Waals surface area contributed by atoms with E-state index in [-0.39, 0.29) is 12.6 Å². The van der Waals surface area contributed by atoms with Crippen molar-refractivity contribution >= 4 is 40.1 Å². The van der Waals surface area contributed by atoms with Crippen LogP contribution in [0.15, 0.2) is 54.6 Å². The van der Waals surface area contributed by atoms with Crippen molar-refractivity contribution in [2.75, 3.05) is 17.2 Å². The van der Waals surface area contributed by atoms with E-state index in [1.165, 1.54) is 12.8 Å². The number of nitrogens with zero attached hydrogens (tertiary/aromatic N) is 3. The second kappa shape index (κ2) is 7.93. The fraction of sp³-hybridized carbons (Fsp3) is 0.227. The number of halogens is 1. The molecule has 152 valence electrons. The van der Waals surface area contributed by atoms with E-state index in [0.717, 1.165) is 22.2 Å². The second-order valence-corrected chi connectivity index (χ2v) is 7.89. The zero-order chi connectivity index (χ0) is 20.5. The first-order chi connectivity index (χ1) is 14.7. The van der Waals surface area contributed by atoms with E-state index >= 15 is 0 Å². The van der Waals surface area contributed by atoms with Crippen LogP contribution in [0.1, 0.15) is 36.1 Å². The first-order valence-electron chi connectivity index (χ1n) is 9.91. The van der Waals surface area contributed by atoms with Gasteiger partial charge in [0.2, 0.25) is 5.95 Å². The third-order valence-electron chi connectivity index (χ3n) is 5.21. The van der Waals surface area contributed by atoms with Gasteiger partial charge in [0, 0.05) is 28.1 Å². The van der Waals surface area contributed by atoms with E-state index in [4.69, 9.17) is 11.6 Å². The van der Waals surface area contributed by atoms with Crippen molar-refractivity contribution in [3.05, 3.63) is 70.9 Å². The van der Waals surface area contributed by atoms with Crippen LogP contribution in [0.25, 0.3) is 10.9 Å². The third-order valence-corrected chi connectivity index (χ3v) is 5.44. The number of H-pyrrole nitrogens is 1. The van der Waals surface area contributed by atoms with Gasteiger partial charge in [0.25, 0.3) is 0 Å². The number of aliphatic hydroxyl groups is 1. The highest BCUT2D eigenvalue weighted by Gasteiger charge is 2.25. The topological polar surface area (TPSA) is 98.8 Å². The van der Waals surface area contributed by atoms with Gasteiger partial charge in [-0.1, -0.05) is 41.9 Å². The molecule has 0 aliphatic heterocycles. The maximum absolute atomic E-state index is 9.89. The minimum atomic E-state index is -0.323. The Labute approximate surface area is 178 Å². The van der Waals surface area contributed by atoms with E-state index in [0.29, 0.717) is 28.5 Å². The fourth-order valence-corrected chi connectivity index (χ4v) is 3.63. The van der Waals surface area contributed by atoms with Crippen LogP contribution in [0.5, 0.6) is 0 Å². The summed E-state index contributed by atoms with van der Waals surface area (Å²) in [7, 11) is 0. The molecule has 1 saturated carbocycles. The molecule has 2 aromatic heterocycles. The molecule has 2 heterocycles. The summed E-state index contributed by atoms with van der Waals surface area (Å²) in [5.74, 6) is 2.29. The van der Waals surface area contributed by atoms with Crippen molar-refractivity contribution in [1.82, 2.24) is 20.2 Å². The van der Waals surface area contributed by atoms with Crippen molar-refractivity contribution in [3.8, 4) is 0 Å². The maximum atomic E-state index is 9.89. The SMILES string of the molecule is OC[C@H](Nc1nc(Nc2cc(C3CC3)[nH]n2)c2cc(Cl)ccc2n1)c1ccccc1. The lowest BCUT2D eigenvalue weighted by atomic mass is 10.1. The Hall–Kier alpha value is -3.16. The van der Waals surface area contributed by atoms with Crippen LogP contribution in [0, 0.1) is 0 Å². The molecule has 5 rings (SSSR count). The quantitative estimate of drug-likeness (QED) is 0.343. The summed E-state index contributed by atoms with van der Waals surface area (Å²) in [6, 6.07) is 16.9. The normalized spacial score (nSPS) is 14.6. The van der Waals surface area contributed by atoms with Gasteiger partial charge in [0.1, 0.15) is 5.82 Å². The predicted octanol–water partition coefficient (Wildman–Crippen LogP) is 4.77. The molecule has 1 fully saturated rings. The highest BCUT2D eigenvalue weighted by atomic mass is 35.5. The summed E-state index contributed by atoms with van der Waals surface area (Å²) in [5, 5.41) is 25.3. The van der Waals surface area contributed by atoms with Crippen LogP contribution in [-0.4, -0.2) is 31.9 Å². The number of benzene rings is 2. The highest BCUT2D eigenvalue weighted by molar-refractivity contribution is 6.31. The molecular weight excluding hydrogens is 400 g/mol. The zero-order valence-electron chi connectivity index (χ0n) is 16.1. The van der Waals surface area contributed by atoms with Crippen LogP contribution in [0.4, 0.5) is 17.6 Å². The Morgan fingerprint density at radius 1 is 1.10 bits per heavy atom. The van der Waals surface area contributed by atoms with Crippen molar-refractivity contribution < 1.29 is 5.11 Å². The van der Waals surface area contributed by atoms with Gasteiger partial charge >= 0.3 is 0 Å². The minimum Gasteiger partial charge on any atom is -0.394 e. The van der Waals surface area contributed by atoms with Gasteiger partial charge in [-0.25, -0.2) is 4.98 Å². The van der Waals surface area contributed by atoms with Gasteiger partial charge in [-0.2, -0.15) is 10.1 Å². The minimum absolute atomic E-state index is 0.0844. The summed E-state index contributed by atoms with van der Waals surface area (Å²) < 4.78 is 0. The largest absolute Gasteiger partial charge is 0.394 e. The molecule has 0 spiro atoms. The van der Waals surface area contributed by atoms with Gasteiger partial charge in [-0.05, 0) is 36.6 Å². The first kappa shape index (κ1) is 18.8. The number of aromatic nitrogens is 4. The third kappa shape index (κ3) is 3.94. The molecule has 0 unspecified atom stereocenters. The predicted molar refractivity (Wildman–Crippen MR) is 118 cm³/mol. The number of aromatic amines is 1. The molecule has 0 saturated heterocycles. The molecule has 1 atom stereocenters. The lowest BCUT2D eigenvalue weighted by Gasteiger charge is -2.18. The summed E-state index contributed by atoms with van der Waals surface area (Å²) in [4.78, 5) is 9.28. The summed E-state index contributed by atoms with van der Waals surface area (Å²) in [5.41, 5.74) is 2.83. The van der Waals surface area contributed by atoms with E-state index < -0.39 is 0 Å². The molecule has 4 N–H and O–H groups in total. The molecule has 1 aliphatic carbocycles. The van der Waals surface area contributed by atoms with E-state index in [1.807, 2.05) is 48.5 Å². The number of hydrogen-bond donors (Lipinski definition) is 4. The number of rotatable bonds is 7. The zero-order valence-corrected chi connectivity index (χ0v) is 16.9. The number of anilines is 3. The molecule has 0 bridgehead atoms. The van der Waals surface area contributed by atoms with E-state index in [1.54, 1.807) is 6.07 Å². The monoisotopic (exact) mass is 420 g/mol. The van der Waals surface area contributed by atoms with Crippen LogP contribution in [0.2, 0.25) is 5.02 Å². The number of fused-ring (bicyclic) bond motifs is 1. The molecule has 8 heteroatoms. The number of hydrogen-bond acceptors (Lipinski definition) is 6. The van der Waals surface area contributed by atoms with Gasteiger partial charge in [-0.3, -0.25) is 5.10 Å². The van der Waals surface area contributed by atoms with Crippen molar-refractivity contribution in [1.29, 1.82) is 0 Å². The standard InChI is InChI=1S/C22H21ClN6O/c23-15-8-9-17-16(10-15)21(26-20-11-18(28-29-20)14-6-7-14)27-22(24-17)25-19(12-30)13-4-2-1-3-5-13/h1-5,8-11,14,19,30H,6-7,12H2,(H3,24,25,26,27,28,29)/t19-/m0/s1. The molecule has 4 aromatic rings. The Morgan fingerprint density at radius 2 is 1.93 bits per heavy atom. The van der Waals surface area contributed by atoms with Crippen LogP contribution in [-0.2, 0) is 0 Å². The van der Waals surface area contributed by atoms with Gasteiger partial charge in [-0.15, -0.1) is 0 Å². The molecule has 0 radical (unpaired) electrons. The van der Waals surface area contributed by atoms with Gasteiger partial charge in [0.05, 0.1) is 18.2 Å². The highest BCUT2D eigenvalue weighted by Crippen LogP contribution is 2.40. The van der Waals surface area contributed by atoms with E-state index in [2.05, 4.69) is 30.8 Å². The maximum Gasteiger partial charge on any atom is 0.225 e. The Morgan fingerprint density at radius 3 is 2.70 bits per heavy atom. The van der Waals surface area contributed by atoms with Gasteiger partial charge in [0.15, 0.2) is 5.82 Å². The molecule has 7 nitrogen and oxygen atoms in total. The molecule has 30 heavy (non-hydrogen) atoms. The summed E-state index contributed by atoms with van der Waals surface area (Å²) in [6.45, 7) is -0.0844. The molecule has 1 aliphatic rings. The lowest BCUT2D eigenvalue weighted by molar-refractivity contribution is 0.276. The molecule has 0 amide bonds. The van der Waals surface area contributed by atoms with Crippen molar-refractivity contribution in [2.45, 2.75) is 24.8 Å². The Kier molecular flexibility index (Phi) is 4.98.